The fourth-order valence-corrected chi connectivity index (χ4v) is 4.13. The van der Waals surface area contributed by atoms with E-state index in [-0.39, 0.29) is 5.91 Å². The van der Waals surface area contributed by atoms with Crippen LogP contribution in [0.5, 0.6) is 0 Å². The second kappa shape index (κ2) is 9.99. The molecule has 1 N–H and O–H groups in total. The van der Waals surface area contributed by atoms with Gasteiger partial charge in [-0.25, -0.2) is 4.98 Å². The molecule has 0 saturated carbocycles. The Labute approximate surface area is 175 Å². The number of para-hydroxylation sites is 2. The van der Waals surface area contributed by atoms with Crippen LogP contribution in [0.4, 0.5) is 5.69 Å². The van der Waals surface area contributed by atoms with Gasteiger partial charge in [0.1, 0.15) is 0 Å². The van der Waals surface area contributed by atoms with E-state index >= 15 is 0 Å². The first-order valence-corrected chi connectivity index (χ1v) is 11.1. The topological polar surface area (TPSA) is 46.9 Å². The van der Waals surface area contributed by atoms with Gasteiger partial charge in [0.05, 0.1) is 16.8 Å². The molecule has 0 fully saturated rings. The molecule has 0 aliphatic rings. The SMILES string of the molecule is CCCCCCn1c(SCC(=O)Nc2cc(Cl)ccc2C)nc2ccccc21. The molecule has 28 heavy (non-hydrogen) atoms. The van der Waals surface area contributed by atoms with Crippen molar-refractivity contribution < 1.29 is 4.79 Å². The quantitative estimate of drug-likeness (QED) is 0.329. The van der Waals surface area contributed by atoms with Crippen molar-refractivity contribution in [1.29, 1.82) is 0 Å². The summed E-state index contributed by atoms with van der Waals surface area (Å²) in [4.78, 5) is 17.2. The summed E-state index contributed by atoms with van der Waals surface area (Å²) in [5.74, 6) is 0.254. The van der Waals surface area contributed by atoms with Crippen LogP contribution in [0.1, 0.15) is 38.2 Å². The second-order valence-electron chi connectivity index (χ2n) is 6.89. The summed E-state index contributed by atoms with van der Waals surface area (Å²) in [6.45, 7) is 5.10. The maximum Gasteiger partial charge on any atom is 0.234 e. The van der Waals surface area contributed by atoms with Gasteiger partial charge in [0.15, 0.2) is 5.16 Å². The summed E-state index contributed by atoms with van der Waals surface area (Å²) in [5.41, 5.74) is 3.86. The third-order valence-electron chi connectivity index (χ3n) is 4.66. The van der Waals surface area contributed by atoms with Gasteiger partial charge >= 0.3 is 0 Å². The van der Waals surface area contributed by atoms with Crippen LogP contribution in [0.2, 0.25) is 5.02 Å². The summed E-state index contributed by atoms with van der Waals surface area (Å²) < 4.78 is 2.24. The Morgan fingerprint density at radius 1 is 1.18 bits per heavy atom. The highest BCUT2D eigenvalue weighted by Gasteiger charge is 2.13. The van der Waals surface area contributed by atoms with Crippen molar-refractivity contribution in [3.63, 3.8) is 0 Å². The van der Waals surface area contributed by atoms with Crippen LogP contribution < -0.4 is 5.32 Å². The van der Waals surface area contributed by atoms with Crippen molar-refractivity contribution in [1.82, 2.24) is 9.55 Å². The van der Waals surface area contributed by atoms with E-state index in [4.69, 9.17) is 16.6 Å². The smallest absolute Gasteiger partial charge is 0.234 e. The van der Waals surface area contributed by atoms with Gasteiger partial charge in [-0.15, -0.1) is 0 Å². The molecule has 2 aromatic carbocycles. The summed E-state index contributed by atoms with van der Waals surface area (Å²) in [6, 6.07) is 13.7. The molecule has 0 atom stereocenters. The molecule has 1 amide bonds. The van der Waals surface area contributed by atoms with Crippen molar-refractivity contribution in [2.45, 2.75) is 51.2 Å². The number of fused-ring (bicyclic) bond motifs is 1. The van der Waals surface area contributed by atoms with Gasteiger partial charge in [-0.3, -0.25) is 4.79 Å². The number of amides is 1. The lowest BCUT2D eigenvalue weighted by Crippen LogP contribution is -2.15. The third kappa shape index (κ3) is 5.30. The molecule has 6 heteroatoms. The molecule has 0 spiro atoms. The summed E-state index contributed by atoms with van der Waals surface area (Å²) in [5, 5.41) is 4.47. The van der Waals surface area contributed by atoms with Crippen LogP contribution in [0.25, 0.3) is 11.0 Å². The number of benzene rings is 2. The minimum absolute atomic E-state index is 0.0556. The lowest BCUT2D eigenvalue weighted by Gasteiger charge is -2.10. The number of carbonyl (C=O) groups excluding carboxylic acids is 1. The van der Waals surface area contributed by atoms with Crippen LogP contribution in [0, 0.1) is 6.92 Å². The number of unbranched alkanes of at least 4 members (excludes halogenated alkanes) is 3. The molecular formula is C22H26ClN3OS. The van der Waals surface area contributed by atoms with Crippen molar-refractivity contribution in [3.8, 4) is 0 Å². The Kier molecular flexibility index (Phi) is 7.40. The maximum absolute atomic E-state index is 12.5. The minimum Gasteiger partial charge on any atom is -0.325 e. The van der Waals surface area contributed by atoms with Crippen LogP contribution >= 0.6 is 23.4 Å². The highest BCUT2D eigenvalue weighted by molar-refractivity contribution is 7.99. The number of anilines is 1. The number of hydrogen-bond donors (Lipinski definition) is 1. The first kappa shape index (κ1) is 20.7. The highest BCUT2D eigenvalue weighted by atomic mass is 35.5. The first-order valence-electron chi connectivity index (χ1n) is 9.72. The summed E-state index contributed by atoms with van der Waals surface area (Å²) in [7, 11) is 0. The molecule has 0 bridgehead atoms. The first-order chi connectivity index (χ1) is 13.6. The van der Waals surface area contributed by atoms with E-state index in [9.17, 15) is 4.79 Å². The van der Waals surface area contributed by atoms with Crippen LogP contribution in [0.15, 0.2) is 47.6 Å². The number of halogens is 1. The van der Waals surface area contributed by atoms with E-state index in [0.29, 0.717) is 10.8 Å². The Bertz CT molecular complexity index is 954. The van der Waals surface area contributed by atoms with Crippen molar-refractivity contribution in [2.24, 2.45) is 0 Å². The Balaban J connectivity index is 1.69. The number of aromatic nitrogens is 2. The van der Waals surface area contributed by atoms with Crippen LogP contribution in [-0.2, 0) is 11.3 Å². The van der Waals surface area contributed by atoms with E-state index in [0.717, 1.165) is 40.4 Å². The third-order valence-corrected chi connectivity index (χ3v) is 5.87. The predicted octanol–water partition coefficient (Wildman–Crippen LogP) is 6.31. The zero-order chi connectivity index (χ0) is 19.9. The number of thioether (sulfide) groups is 1. The largest absolute Gasteiger partial charge is 0.325 e. The number of nitrogens with zero attached hydrogens (tertiary/aromatic N) is 2. The van der Waals surface area contributed by atoms with Gasteiger partial charge in [0.25, 0.3) is 0 Å². The van der Waals surface area contributed by atoms with Gasteiger partial charge < -0.3 is 9.88 Å². The Hall–Kier alpha value is -1.98. The van der Waals surface area contributed by atoms with Gasteiger partial charge in [-0.2, -0.15) is 0 Å². The van der Waals surface area contributed by atoms with Crippen molar-refractivity contribution in [3.05, 3.63) is 53.1 Å². The van der Waals surface area contributed by atoms with E-state index in [1.807, 2.05) is 37.3 Å². The lowest BCUT2D eigenvalue weighted by atomic mass is 10.2. The molecule has 0 aliphatic carbocycles. The fourth-order valence-electron chi connectivity index (χ4n) is 3.12. The van der Waals surface area contributed by atoms with E-state index in [2.05, 4.69) is 22.9 Å². The van der Waals surface area contributed by atoms with Crippen molar-refractivity contribution in [2.75, 3.05) is 11.1 Å². The van der Waals surface area contributed by atoms with Crippen LogP contribution in [-0.4, -0.2) is 21.2 Å². The number of rotatable bonds is 9. The highest BCUT2D eigenvalue weighted by Crippen LogP contribution is 2.26. The molecule has 3 aromatic rings. The predicted molar refractivity (Wildman–Crippen MR) is 119 cm³/mol. The van der Waals surface area contributed by atoms with Gasteiger partial charge in [0.2, 0.25) is 5.91 Å². The molecule has 1 aromatic heterocycles. The molecule has 0 saturated heterocycles. The molecule has 1 heterocycles. The molecule has 0 aliphatic heterocycles. The monoisotopic (exact) mass is 415 g/mol. The number of hydrogen-bond acceptors (Lipinski definition) is 3. The second-order valence-corrected chi connectivity index (χ2v) is 8.27. The number of nitrogens with one attached hydrogen (secondary N) is 1. The molecule has 0 radical (unpaired) electrons. The molecule has 3 rings (SSSR count). The Morgan fingerprint density at radius 3 is 2.82 bits per heavy atom. The van der Waals surface area contributed by atoms with Gasteiger partial charge in [-0.05, 0) is 43.2 Å². The van der Waals surface area contributed by atoms with E-state index in [1.165, 1.54) is 31.0 Å². The number of imidazole rings is 1. The minimum atomic E-state index is -0.0556. The standard InChI is InChI=1S/C22H26ClN3OS/c1-3-4-5-8-13-26-20-10-7-6-9-18(20)25-22(26)28-15-21(27)24-19-14-17(23)12-11-16(19)2/h6-7,9-12,14H,3-5,8,13,15H2,1-2H3,(H,24,27). The molecule has 148 valence electrons. The maximum atomic E-state index is 12.5. The summed E-state index contributed by atoms with van der Waals surface area (Å²) >= 11 is 7.52. The number of carbonyl (C=O) groups is 1. The van der Waals surface area contributed by atoms with Crippen molar-refractivity contribution >= 4 is 46.0 Å². The average molecular weight is 416 g/mol. The molecule has 0 unspecified atom stereocenters. The van der Waals surface area contributed by atoms with E-state index in [1.54, 1.807) is 6.07 Å². The zero-order valence-electron chi connectivity index (χ0n) is 16.4. The molecule has 4 nitrogen and oxygen atoms in total. The fraction of sp³-hybridized carbons (Fsp3) is 0.364. The summed E-state index contributed by atoms with van der Waals surface area (Å²) in [6.07, 6.45) is 4.79. The normalized spacial score (nSPS) is 11.1. The lowest BCUT2D eigenvalue weighted by molar-refractivity contribution is -0.113. The van der Waals surface area contributed by atoms with Gasteiger partial charge in [-0.1, -0.05) is 67.7 Å². The van der Waals surface area contributed by atoms with Crippen LogP contribution in [0.3, 0.4) is 0 Å². The number of aryl methyl sites for hydroxylation is 2. The Morgan fingerprint density at radius 2 is 2.00 bits per heavy atom. The van der Waals surface area contributed by atoms with Gasteiger partial charge in [0, 0.05) is 17.3 Å². The zero-order valence-corrected chi connectivity index (χ0v) is 17.9. The molecular weight excluding hydrogens is 390 g/mol. The average Bonchev–Trinajstić information content (AvgIpc) is 3.04. The van der Waals surface area contributed by atoms with E-state index < -0.39 is 0 Å².